The summed E-state index contributed by atoms with van der Waals surface area (Å²) < 4.78 is 8.78. The molecule has 46 heavy (non-hydrogen) atoms. The monoisotopic (exact) mass is 585 g/mol. The summed E-state index contributed by atoms with van der Waals surface area (Å²) in [4.78, 5) is 0. The fourth-order valence-corrected chi connectivity index (χ4v) is 7.58. The molecule has 0 fully saturated rings. The van der Waals surface area contributed by atoms with Crippen LogP contribution in [0.5, 0.6) is 11.5 Å². The van der Waals surface area contributed by atoms with Gasteiger partial charge in [0.05, 0.1) is 11.0 Å². The molecule has 0 spiro atoms. The molecule has 0 N–H and O–H groups in total. The van der Waals surface area contributed by atoms with Gasteiger partial charge in [-0.1, -0.05) is 133 Å². The second-order valence-corrected chi connectivity index (χ2v) is 12.1. The molecule has 1 aliphatic rings. The van der Waals surface area contributed by atoms with Crippen molar-refractivity contribution in [3.63, 3.8) is 0 Å². The first-order valence-corrected chi connectivity index (χ1v) is 15.8. The van der Waals surface area contributed by atoms with Crippen molar-refractivity contribution in [1.29, 1.82) is 0 Å². The van der Waals surface area contributed by atoms with E-state index in [1.165, 1.54) is 76.9 Å². The van der Waals surface area contributed by atoms with Crippen molar-refractivity contribution in [3.8, 4) is 50.6 Å². The molecule has 0 aliphatic carbocycles. The molecular formula is C44H27NO. The minimum atomic E-state index is 0.912. The third-order valence-electron chi connectivity index (χ3n) is 9.60. The Morgan fingerprint density at radius 1 is 0.370 bits per heavy atom. The van der Waals surface area contributed by atoms with Gasteiger partial charge in [-0.25, -0.2) is 0 Å². The topological polar surface area (TPSA) is 14.2 Å². The summed E-state index contributed by atoms with van der Waals surface area (Å²) in [5.74, 6) is 1.83. The van der Waals surface area contributed by atoms with Crippen molar-refractivity contribution in [3.05, 3.63) is 164 Å². The average Bonchev–Trinajstić information content (AvgIpc) is 3.48. The van der Waals surface area contributed by atoms with Crippen molar-refractivity contribution in [2.45, 2.75) is 0 Å². The van der Waals surface area contributed by atoms with E-state index in [2.05, 4.69) is 156 Å². The summed E-state index contributed by atoms with van der Waals surface area (Å²) in [7, 11) is 0. The molecule has 214 valence electrons. The number of benzene rings is 8. The zero-order valence-corrected chi connectivity index (χ0v) is 24.9. The van der Waals surface area contributed by atoms with Crippen LogP contribution in [-0.2, 0) is 0 Å². The first kappa shape index (κ1) is 25.2. The van der Waals surface area contributed by atoms with Crippen LogP contribution in [0.1, 0.15) is 0 Å². The Bertz CT molecular complexity index is 2650. The fraction of sp³-hybridized carbons (Fsp3) is 0. The van der Waals surface area contributed by atoms with Crippen molar-refractivity contribution in [2.75, 3.05) is 0 Å². The molecule has 0 saturated carbocycles. The van der Waals surface area contributed by atoms with Crippen LogP contribution in [0, 0.1) is 0 Å². The molecule has 0 atom stereocenters. The summed E-state index contributed by atoms with van der Waals surface area (Å²) in [5.41, 5.74) is 10.8. The first-order valence-electron chi connectivity index (χ1n) is 15.8. The van der Waals surface area contributed by atoms with E-state index in [0.717, 1.165) is 17.1 Å². The maximum atomic E-state index is 6.35. The lowest BCUT2D eigenvalue weighted by molar-refractivity contribution is 0.487. The number of hydrogen-bond donors (Lipinski definition) is 0. The van der Waals surface area contributed by atoms with Gasteiger partial charge >= 0.3 is 0 Å². The first-order chi connectivity index (χ1) is 22.8. The fourth-order valence-electron chi connectivity index (χ4n) is 7.58. The van der Waals surface area contributed by atoms with Gasteiger partial charge in [0.2, 0.25) is 0 Å². The molecule has 2 heteroatoms. The Morgan fingerprint density at radius 3 is 1.96 bits per heavy atom. The highest BCUT2D eigenvalue weighted by molar-refractivity contribution is 6.22. The zero-order chi connectivity index (χ0) is 30.2. The van der Waals surface area contributed by atoms with Crippen LogP contribution in [0.3, 0.4) is 0 Å². The summed E-state index contributed by atoms with van der Waals surface area (Å²) in [6, 6.07) is 59.0. The number of hydrogen-bond acceptors (Lipinski definition) is 1. The number of fused-ring (bicyclic) bond motifs is 7. The van der Waals surface area contributed by atoms with Gasteiger partial charge < -0.3 is 9.30 Å². The van der Waals surface area contributed by atoms with Crippen LogP contribution < -0.4 is 4.74 Å². The number of nitrogens with zero attached hydrogens (tertiary/aromatic N) is 1. The van der Waals surface area contributed by atoms with Crippen LogP contribution in [-0.4, -0.2) is 4.57 Å². The Balaban J connectivity index is 1.16. The van der Waals surface area contributed by atoms with Crippen LogP contribution in [0.25, 0.3) is 82.4 Å². The lowest BCUT2D eigenvalue weighted by atomic mass is 9.90. The van der Waals surface area contributed by atoms with E-state index >= 15 is 0 Å². The number of aromatic nitrogens is 1. The summed E-state index contributed by atoms with van der Waals surface area (Å²) >= 11 is 0. The van der Waals surface area contributed by atoms with E-state index in [1.54, 1.807) is 0 Å². The molecule has 1 aromatic heterocycles. The van der Waals surface area contributed by atoms with E-state index in [0.29, 0.717) is 0 Å². The predicted molar refractivity (Wildman–Crippen MR) is 192 cm³/mol. The third-order valence-corrected chi connectivity index (χ3v) is 9.60. The van der Waals surface area contributed by atoms with E-state index in [1.807, 2.05) is 12.1 Å². The zero-order valence-electron chi connectivity index (χ0n) is 24.9. The largest absolute Gasteiger partial charge is 0.456 e. The number of rotatable bonds is 3. The Labute approximate surface area is 266 Å². The molecule has 0 radical (unpaired) electrons. The molecule has 0 bridgehead atoms. The van der Waals surface area contributed by atoms with E-state index < -0.39 is 0 Å². The Hall–Kier alpha value is -6.12. The maximum Gasteiger partial charge on any atom is 0.135 e. The molecule has 0 saturated heterocycles. The molecule has 8 aromatic carbocycles. The molecule has 0 unspecified atom stereocenters. The molecule has 2 nitrogen and oxygen atoms in total. The molecule has 2 heterocycles. The third kappa shape index (κ3) is 3.59. The Kier molecular flexibility index (Phi) is 5.31. The molecule has 0 amide bonds. The van der Waals surface area contributed by atoms with Gasteiger partial charge in [0, 0.05) is 32.8 Å². The number of ether oxygens (including phenoxy) is 1. The second kappa shape index (κ2) is 9.69. The van der Waals surface area contributed by atoms with Crippen molar-refractivity contribution in [1.82, 2.24) is 4.57 Å². The minimum Gasteiger partial charge on any atom is -0.456 e. The standard InChI is InChI=1S/C44H27NO/c1-2-11-31(12-3-1)45-39-18-9-15-33(42(39)38-25-24-28-10-4-5-13-34(28)44(38)45)30-22-20-29(21-23-30)32-26-27-41-43-36(32)16-8-17-37(43)35-14-6-7-19-40(35)46-41/h1-27H. The maximum absolute atomic E-state index is 6.35. The Morgan fingerprint density at radius 2 is 1.07 bits per heavy atom. The van der Waals surface area contributed by atoms with Crippen LogP contribution in [0.2, 0.25) is 0 Å². The van der Waals surface area contributed by atoms with Gasteiger partial charge in [0.25, 0.3) is 0 Å². The van der Waals surface area contributed by atoms with Crippen LogP contribution in [0.4, 0.5) is 0 Å². The van der Waals surface area contributed by atoms with Gasteiger partial charge in [-0.15, -0.1) is 0 Å². The molecule has 1 aliphatic heterocycles. The van der Waals surface area contributed by atoms with Crippen LogP contribution in [0.15, 0.2) is 164 Å². The predicted octanol–water partition coefficient (Wildman–Crippen LogP) is 12.2. The number of para-hydroxylation sites is 2. The van der Waals surface area contributed by atoms with Gasteiger partial charge in [0.1, 0.15) is 11.5 Å². The van der Waals surface area contributed by atoms with Gasteiger partial charge in [0.15, 0.2) is 0 Å². The van der Waals surface area contributed by atoms with E-state index in [9.17, 15) is 0 Å². The minimum absolute atomic E-state index is 0.912. The van der Waals surface area contributed by atoms with Crippen molar-refractivity contribution >= 4 is 43.4 Å². The van der Waals surface area contributed by atoms with Gasteiger partial charge in [-0.3, -0.25) is 0 Å². The summed E-state index contributed by atoms with van der Waals surface area (Å²) in [5, 5.41) is 7.43. The lowest BCUT2D eigenvalue weighted by Gasteiger charge is -2.22. The summed E-state index contributed by atoms with van der Waals surface area (Å²) in [6.07, 6.45) is 0. The van der Waals surface area contributed by atoms with Gasteiger partial charge in [-0.05, 0) is 68.9 Å². The molecule has 9 aromatic rings. The van der Waals surface area contributed by atoms with Crippen molar-refractivity contribution in [2.24, 2.45) is 0 Å². The smallest absolute Gasteiger partial charge is 0.135 e. The van der Waals surface area contributed by atoms with E-state index in [-0.39, 0.29) is 0 Å². The highest BCUT2D eigenvalue weighted by atomic mass is 16.5. The highest BCUT2D eigenvalue weighted by Gasteiger charge is 2.22. The molecule has 10 rings (SSSR count). The van der Waals surface area contributed by atoms with Crippen LogP contribution >= 0.6 is 0 Å². The van der Waals surface area contributed by atoms with Crippen molar-refractivity contribution < 1.29 is 4.74 Å². The normalized spacial score (nSPS) is 12.1. The SMILES string of the molecule is c1ccc(-n2c3cccc(-c4ccc(-c5ccc6c7c(cccc57)-c5ccccc5O6)cc4)c3c3ccc4ccccc4c32)cc1. The lowest BCUT2D eigenvalue weighted by Crippen LogP contribution is -1.97. The van der Waals surface area contributed by atoms with E-state index in [4.69, 9.17) is 4.74 Å². The average molecular weight is 586 g/mol. The quantitative estimate of drug-likeness (QED) is 0.201. The van der Waals surface area contributed by atoms with Gasteiger partial charge in [-0.2, -0.15) is 0 Å². The highest BCUT2D eigenvalue weighted by Crippen LogP contribution is 2.48. The summed E-state index contributed by atoms with van der Waals surface area (Å²) in [6.45, 7) is 0. The second-order valence-electron chi connectivity index (χ2n) is 12.1. The molecular weight excluding hydrogens is 558 g/mol.